The van der Waals surface area contributed by atoms with Crippen molar-refractivity contribution in [2.24, 2.45) is 0 Å². The van der Waals surface area contributed by atoms with E-state index in [0.29, 0.717) is 18.8 Å². The van der Waals surface area contributed by atoms with Crippen LogP contribution in [0.15, 0.2) is 49.0 Å². The van der Waals surface area contributed by atoms with Gasteiger partial charge >= 0.3 is 6.03 Å². The fraction of sp³-hybridized carbons (Fsp3) is 0.348. The Morgan fingerprint density at radius 1 is 1.03 bits per heavy atom. The van der Waals surface area contributed by atoms with E-state index < -0.39 is 0 Å². The number of nitrogens with zero attached hydrogens (tertiary/aromatic N) is 3. The Bertz CT molecular complexity index is 907. The van der Waals surface area contributed by atoms with Crippen LogP contribution in [0.5, 0.6) is 0 Å². The zero-order valence-electron chi connectivity index (χ0n) is 16.7. The maximum atomic E-state index is 13.4. The first kappa shape index (κ1) is 19.6. The highest BCUT2D eigenvalue weighted by molar-refractivity contribution is 6.04. The normalized spacial score (nSPS) is 17.6. The van der Waals surface area contributed by atoms with Crippen molar-refractivity contribution in [2.75, 3.05) is 44.3 Å². The van der Waals surface area contributed by atoms with Gasteiger partial charge in [0.25, 0.3) is 0 Å². The van der Waals surface area contributed by atoms with Gasteiger partial charge in [0.2, 0.25) is 0 Å². The Hall–Kier alpha value is -2.70. The molecule has 2 heterocycles. The van der Waals surface area contributed by atoms with Crippen molar-refractivity contribution in [2.45, 2.75) is 13.5 Å². The van der Waals surface area contributed by atoms with Crippen molar-refractivity contribution < 1.29 is 13.9 Å². The Balaban J connectivity index is 1.60. The van der Waals surface area contributed by atoms with E-state index in [1.165, 1.54) is 12.1 Å². The van der Waals surface area contributed by atoms with Crippen LogP contribution in [-0.2, 0) is 11.3 Å². The summed E-state index contributed by atoms with van der Waals surface area (Å²) < 4.78 is 18.7. The van der Waals surface area contributed by atoms with Crippen LogP contribution in [-0.4, -0.2) is 55.2 Å². The number of aryl methyl sites for hydroxylation is 1. The minimum Gasteiger partial charge on any atom is -0.379 e. The highest BCUT2D eigenvalue weighted by Crippen LogP contribution is 2.36. The number of carbonyl (C=O) groups excluding carboxylic acids is 1. The lowest BCUT2D eigenvalue weighted by atomic mass is 10.0. The van der Waals surface area contributed by atoms with Crippen molar-refractivity contribution in [3.8, 4) is 0 Å². The SMILES string of the molecule is C=C1c2cc(C)ccc2N(CCN2CCOCC2)C(=O)N1Cc1ccc(F)cc1. The summed E-state index contributed by atoms with van der Waals surface area (Å²) in [5.41, 5.74) is 4.53. The van der Waals surface area contributed by atoms with Gasteiger partial charge in [0.05, 0.1) is 25.4 Å². The van der Waals surface area contributed by atoms with E-state index in [4.69, 9.17) is 4.74 Å². The van der Waals surface area contributed by atoms with E-state index in [1.54, 1.807) is 17.0 Å². The molecule has 1 saturated heterocycles. The summed E-state index contributed by atoms with van der Waals surface area (Å²) in [5, 5.41) is 0. The first-order valence-electron chi connectivity index (χ1n) is 9.96. The third-order valence-corrected chi connectivity index (χ3v) is 5.54. The number of anilines is 1. The smallest absolute Gasteiger partial charge is 0.329 e. The van der Waals surface area contributed by atoms with Crippen LogP contribution in [0.25, 0.3) is 5.70 Å². The molecule has 0 bridgehead atoms. The van der Waals surface area contributed by atoms with E-state index in [1.807, 2.05) is 24.0 Å². The summed E-state index contributed by atoms with van der Waals surface area (Å²) in [6.07, 6.45) is 0. The summed E-state index contributed by atoms with van der Waals surface area (Å²) >= 11 is 0. The van der Waals surface area contributed by atoms with Crippen molar-refractivity contribution in [1.29, 1.82) is 0 Å². The Morgan fingerprint density at radius 3 is 2.48 bits per heavy atom. The number of benzene rings is 2. The predicted octanol–water partition coefficient (Wildman–Crippen LogP) is 3.88. The maximum Gasteiger partial charge on any atom is 0.329 e. The number of halogens is 1. The summed E-state index contributed by atoms with van der Waals surface area (Å²) in [7, 11) is 0. The zero-order valence-corrected chi connectivity index (χ0v) is 16.7. The van der Waals surface area contributed by atoms with Gasteiger partial charge in [-0.2, -0.15) is 0 Å². The van der Waals surface area contributed by atoms with Gasteiger partial charge in [-0.3, -0.25) is 14.7 Å². The largest absolute Gasteiger partial charge is 0.379 e. The third-order valence-electron chi connectivity index (χ3n) is 5.54. The van der Waals surface area contributed by atoms with Crippen LogP contribution in [0, 0.1) is 12.7 Å². The molecule has 2 aromatic carbocycles. The molecule has 2 aromatic rings. The summed E-state index contributed by atoms with van der Waals surface area (Å²) in [4.78, 5) is 19.2. The number of urea groups is 1. The van der Waals surface area contributed by atoms with Crippen LogP contribution < -0.4 is 4.90 Å². The Labute approximate surface area is 171 Å². The maximum absolute atomic E-state index is 13.4. The molecule has 0 atom stereocenters. The quantitative estimate of drug-likeness (QED) is 0.771. The molecule has 152 valence electrons. The zero-order chi connectivity index (χ0) is 20.4. The van der Waals surface area contributed by atoms with Crippen LogP contribution in [0.1, 0.15) is 16.7 Å². The molecule has 0 spiro atoms. The molecule has 0 unspecified atom stereocenters. The summed E-state index contributed by atoms with van der Waals surface area (Å²) in [5.74, 6) is -0.286. The average molecular weight is 395 g/mol. The molecule has 0 N–H and O–H groups in total. The van der Waals surface area contributed by atoms with Gasteiger partial charge in [0, 0.05) is 37.4 Å². The van der Waals surface area contributed by atoms with E-state index in [2.05, 4.69) is 17.5 Å². The lowest BCUT2D eigenvalue weighted by molar-refractivity contribution is 0.0392. The Morgan fingerprint density at radius 2 is 1.76 bits per heavy atom. The number of rotatable bonds is 5. The number of carbonyl (C=O) groups is 1. The topological polar surface area (TPSA) is 36.0 Å². The van der Waals surface area contributed by atoms with Gasteiger partial charge in [-0.05, 0) is 36.8 Å². The van der Waals surface area contributed by atoms with E-state index in [0.717, 1.165) is 55.2 Å². The van der Waals surface area contributed by atoms with Crippen molar-refractivity contribution in [3.05, 3.63) is 71.6 Å². The second-order valence-electron chi connectivity index (χ2n) is 7.57. The lowest BCUT2D eigenvalue weighted by Gasteiger charge is -2.39. The average Bonchev–Trinajstić information content (AvgIpc) is 2.73. The number of fused-ring (bicyclic) bond motifs is 1. The van der Waals surface area contributed by atoms with Crippen LogP contribution in [0.2, 0.25) is 0 Å². The lowest BCUT2D eigenvalue weighted by Crippen LogP contribution is -2.49. The van der Waals surface area contributed by atoms with Gasteiger partial charge in [-0.25, -0.2) is 9.18 Å². The van der Waals surface area contributed by atoms with Crippen molar-refractivity contribution >= 4 is 17.4 Å². The van der Waals surface area contributed by atoms with E-state index >= 15 is 0 Å². The molecule has 2 aliphatic heterocycles. The number of amides is 2. The highest BCUT2D eigenvalue weighted by atomic mass is 19.1. The standard InChI is InChI=1S/C23H26FN3O2/c1-17-3-8-22-21(15-17)18(2)27(16-19-4-6-20(24)7-5-19)23(28)26(22)10-9-25-11-13-29-14-12-25/h3-8,15H,2,9-14,16H2,1H3. The van der Waals surface area contributed by atoms with E-state index in [-0.39, 0.29) is 11.8 Å². The Kier molecular flexibility index (Phi) is 5.65. The summed E-state index contributed by atoms with van der Waals surface area (Å²) in [6.45, 7) is 11.2. The van der Waals surface area contributed by atoms with Gasteiger partial charge < -0.3 is 4.74 Å². The molecule has 6 heteroatoms. The number of hydrogen-bond acceptors (Lipinski definition) is 3. The van der Waals surface area contributed by atoms with Gasteiger partial charge in [-0.1, -0.05) is 30.3 Å². The molecule has 4 rings (SSSR count). The second kappa shape index (κ2) is 8.35. The number of morpholine rings is 1. The minimum absolute atomic E-state index is 0.0936. The van der Waals surface area contributed by atoms with Crippen LogP contribution >= 0.6 is 0 Å². The fourth-order valence-corrected chi connectivity index (χ4v) is 3.84. The molecule has 5 nitrogen and oxygen atoms in total. The molecule has 2 amide bonds. The second-order valence-corrected chi connectivity index (χ2v) is 7.57. The monoisotopic (exact) mass is 395 g/mol. The summed E-state index contributed by atoms with van der Waals surface area (Å²) in [6, 6.07) is 12.3. The molecule has 0 aromatic heterocycles. The molecule has 0 radical (unpaired) electrons. The third kappa shape index (κ3) is 4.18. The predicted molar refractivity (Wildman–Crippen MR) is 112 cm³/mol. The number of hydrogen-bond donors (Lipinski definition) is 0. The van der Waals surface area contributed by atoms with Crippen LogP contribution in [0.4, 0.5) is 14.9 Å². The molecular formula is C23H26FN3O2. The number of ether oxygens (including phenoxy) is 1. The fourth-order valence-electron chi connectivity index (χ4n) is 3.84. The van der Waals surface area contributed by atoms with Gasteiger partial charge in [-0.15, -0.1) is 0 Å². The first-order valence-corrected chi connectivity index (χ1v) is 9.96. The van der Waals surface area contributed by atoms with Gasteiger partial charge in [0.1, 0.15) is 5.82 Å². The first-order chi connectivity index (χ1) is 14.0. The molecule has 2 aliphatic rings. The highest BCUT2D eigenvalue weighted by Gasteiger charge is 2.33. The van der Waals surface area contributed by atoms with Crippen molar-refractivity contribution in [3.63, 3.8) is 0 Å². The molecule has 0 saturated carbocycles. The molecular weight excluding hydrogens is 369 g/mol. The van der Waals surface area contributed by atoms with Gasteiger partial charge in [0.15, 0.2) is 0 Å². The van der Waals surface area contributed by atoms with Crippen LogP contribution in [0.3, 0.4) is 0 Å². The minimum atomic E-state index is -0.286. The molecule has 1 fully saturated rings. The molecule has 0 aliphatic carbocycles. The van der Waals surface area contributed by atoms with E-state index in [9.17, 15) is 9.18 Å². The van der Waals surface area contributed by atoms with Crippen molar-refractivity contribution in [1.82, 2.24) is 9.80 Å². The molecule has 29 heavy (non-hydrogen) atoms.